The zero-order valence-corrected chi connectivity index (χ0v) is 15.3. The number of aryl methyl sites for hydroxylation is 1. The summed E-state index contributed by atoms with van der Waals surface area (Å²) in [4.78, 5) is 11.3. The molecule has 3 nitrogen and oxygen atoms in total. The third kappa shape index (κ3) is 4.28. The molecule has 0 saturated heterocycles. The van der Waals surface area contributed by atoms with Crippen molar-refractivity contribution in [3.63, 3.8) is 0 Å². The molecular formula is C16H19Cl2N3S. The highest BCUT2D eigenvalue weighted by Gasteiger charge is 2.10. The Labute approximate surface area is 146 Å². The zero-order valence-electron chi connectivity index (χ0n) is 12.9. The molecule has 0 amide bonds. The number of benzene rings is 1. The molecule has 6 heteroatoms. The van der Waals surface area contributed by atoms with Crippen LogP contribution < -0.4 is 4.90 Å². The van der Waals surface area contributed by atoms with Crippen molar-refractivity contribution in [3.8, 4) is 0 Å². The standard InChI is InChI=1S/C16H19Cl2N3S/c1-4-21(5-2)15-11(3)9-19-16(20-15)22-10-12-6-7-13(17)8-14(12)18/h6-9H,4-5,10H2,1-3H3. The Balaban J connectivity index is 2.14. The fraction of sp³-hybridized carbons (Fsp3) is 0.375. The maximum absolute atomic E-state index is 6.20. The summed E-state index contributed by atoms with van der Waals surface area (Å²) in [5.74, 6) is 1.72. The third-order valence-corrected chi connectivity index (χ3v) is 4.85. The van der Waals surface area contributed by atoms with Gasteiger partial charge in [0.15, 0.2) is 5.16 Å². The number of halogens is 2. The Kier molecular flexibility index (Phi) is 6.36. The van der Waals surface area contributed by atoms with E-state index in [0.717, 1.165) is 40.9 Å². The topological polar surface area (TPSA) is 29.0 Å². The maximum Gasteiger partial charge on any atom is 0.189 e. The fourth-order valence-corrected chi connectivity index (χ4v) is 3.48. The predicted molar refractivity (Wildman–Crippen MR) is 96.4 cm³/mol. The maximum atomic E-state index is 6.20. The highest BCUT2D eigenvalue weighted by molar-refractivity contribution is 7.98. The normalized spacial score (nSPS) is 10.8. The summed E-state index contributed by atoms with van der Waals surface area (Å²) in [5.41, 5.74) is 2.13. The van der Waals surface area contributed by atoms with Crippen LogP contribution in [0.25, 0.3) is 0 Å². The van der Waals surface area contributed by atoms with Crippen molar-refractivity contribution in [2.24, 2.45) is 0 Å². The van der Waals surface area contributed by atoms with Gasteiger partial charge in [-0.2, -0.15) is 0 Å². The number of aromatic nitrogens is 2. The first kappa shape index (κ1) is 17.4. The number of hydrogen-bond donors (Lipinski definition) is 0. The molecular weight excluding hydrogens is 337 g/mol. The molecule has 1 aromatic heterocycles. The summed E-state index contributed by atoms with van der Waals surface area (Å²) in [6.45, 7) is 8.16. The van der Waals surface area contributed by atoms with Crippen LogP contribution in [-0.2, 0) is 5.75 Å². The van der Waals surface area contributed by atoms with E-state index in [2.05, 4.69) is 28.7 Å². The molecule has 0 atom stereocenters. The van der Waals surface area contributed by atoms with Crippen LogP contribution in [0.15, 0.2) is 29.6 Å². The number of nitrogens with zero attached hydrogens (tertiary/aromatic N) is 3. The Bertz CT molecular complexity index is 645. The van der Waals surface area contributed by atoms with Crippen LogP contribution in [0.3, 0.4) is 0 Å². The van der Waals surface area contributed by atoms with Crippen molar-refractivity contribution in [1.29, 1.82) is 0 Å². The minimum absolute atomic E-state index is 0.647. The molecule has 0 aliphatic rings. The lowest BCUT2D eigenvalue weighted by molar-refractivity contribution is 0.810. The molecule has 0 aliphatic heterocycles. The van der Waals surface area contributed by atoms with Gasteiger partial charge in [0.2, 0.25) is 0 Å². The first-order valence-corrected chi connectivity index (χ1v) is 8.94. The monoisotopic (exact) mass is 355 g/mol. The predicted octanol–water partition coefficient (Wildman–Crippen LogP) is 5.23. The quantitative estimate of drug-likeness (QED) is 0.523. The molecule has 2 aromatic rings. The van der Waals surface area contributed by atoms with Crippen LogP contribution in [0.2, 0.25) is 10.0 Å². The van der Waals surface area contributed by atoms with Crippen molar-refractivity contribution >= 4 is 40.8 Å². The van der Waals surface area contributed by atoms with Gasteiger partial charge >= 0.3 is 0 Å². The Hall–Kier alpha value is -0.970. The zero-order chi connectivity index (χ0) is 16.1. The van der Waals surface area contributed by atoms with E-state index in [-0.39, 0.29) is 0 Å². The van der Waals surface area contributed by atoms with Gasteiger partial charge in [-0.05, 0) is 38.5 Å². The highest BCUT2D eigenvalue weighted by atomic mass is 35.5. The van der Waals surface area contributed by atoms with Crippen LogP contribution >= 0.6 is 35.0 Å². The largest absolute Gasteiger partial charge is 0.357 e. The molecule has 0 unspecified atom stereocenters. The van der Waals surface area contributed by atoms with Gasteiger partial charge in [0, 0.05) is 40.6 Å². The minimum Gasteiger partial charge on any atom is -0.357 e. The highest BCUT2D eigenvalue weighted by Crippen LogP contribution is 2.28. The molecule has 0 fully saturated rings. The molecule has 0 aliphatic carbocycles. The average molecular weight is 356 g/mol. The second-order valence-corrected chi connectivity index (χ2v) is 6.64. The number of thioether (sulfide) groups is 1. The molecule has 1 aromatic carbocycles. The lowest BCUT2D eigenvalue weighted by Gasteiger charge is -2.21. The Morgan fingerprint density at radius 1 is 1.18 bits per heavy atom. The molecule has 118 valence electrons. The second-order valence-electron chi connectivity index (χ2n) is 4.86. The van der Waals surface area contributed by atoms with Crippen LogP contribution in [0.1, 0.15) is 25.0 Å². The molecule has 0 spiro atoms. The van der Waals surface area contributed by atoms with Gasteiger partial charge in [0.05, 0.1) is 0 Å². The summed E-state index contributed by atoms with van der Waals surface area (Å²) < 4.78 is 0. The summed E-state index contributed by atoms with van der Waals surface area (Å²) in [6, 6.07) is 5.55. The average Bonchev–Trinajstić information content (AvgIpc) is 2.50. The summed E-state index contributed by atoms with van der Waals surface area (Å²) in [7, 11) is 0. The molecule has 0 radical (unpaired) electrons. The summed E-state index contributed by atoms with van der Waals surface area (Å²) in [5, 5.41) is 2.09. The van der Waals surface area contributed by atoms with Gasteiger partial charge in [-0.3, -0.25) is 0 Å². The summed E-state index contributed by atoms with van der Waals surface area (Å²) >= 11 is 13.7. The summed E-state index contributed by atoms with van der Waals surface area (Å²) in [6.07, 6.45) is 1.88. The van der Waals surface area contributed by atoms with Crippen molar-refractivity contribution in [1.82, 2.24) is 9.97 Å². The van der Waals surface area contributed by atoms with Crippen molar-refractivity contribution in [2.45, 2.75) is 31.7 Å². The smallest absolute Gasteiger partial charge is 0.189 e. The van der Waals surface area contributed by atoms with Gasteiger partial charge in [-0.25, -0.2) is 9.97 Å². The molecule has 22 heavy (non-hydrogen) atoms. The first-order valence-electron chi connectivity index (χ1n) is 7.20. The van der Waals surface area contributed by atoms with E-state index in [1.165, 1.54) is 0 Å². The first-order chi connectivity index (χ1) is 10.5. The lowest BCUT2D eigenvalue weighted by Crippen LogP contribution is -2.24. The molecule has 0 saturated carbocycles. The fourth-order valence-electron chi connectivity index (χ4n) is 2.11. The molecule has 2 rings (SSSR count). The molecule has 1 heterocycles. The van der Waals surface area contributed by atoms with Crippen LogP contribution in [0.4, 0.5) is 5.82 Å². The van der Waals surface area contributed by atoms with Crippen LogP contribution in [0.5, 0.6) is 0 Å². The van der Waals surface area contributed by atoms with Crippen molar-refractivity contribution < 1.29 is 0 Å². The number of hydrogen-bond acceptors (Lipinski definition) is 4. The van der Waals surface area contributed by atoms with E-state index in [0.29, 0.717) is 10.0 Å². The van der Waals surface area contributed by atoms with Gasteiger partial charge in [0.25, 0.3) is 0 Å². The van der Waals surface area contributed by atoms with Crippen molar-refractivity contribution in [3.05, 3.63) is 45.6 Å². The number of anilines is 1. The minimum atomic E-state index is 0.647. The van der Waals surface area contributed by atoms with E-state index in [4.69, 9.17) is 23.2 Å². The Morgan fingerprint density at radius 3 is 2.55 bits per heavy atom. The van der Waals surface area contributed by atoms with Gasteiger partial charge < -0.3 is 4.90 Å². The van der Waals surface area contributed by atoms with Crippen molar-refractivity contribution in [2.75, 3.05) is 18.0 Å². The van der Waals surface area contributed by atoms with E-state index in [1.54, 1.807) is 17.8 Å². The Morgan fingerprint density at radius 2 is 1.91 bits per heavy atom. The van der Waals surface area contributed by atoms with E-state index in [9.17, 15) is 0 Å². The van der Waals surface area contributed by atoms with Gasteiger partial charge in [-0.15, -0.1) is 0 Å². The van der Waals surface area contributed by atoms with Gasteiger partial charge in [0.1, 0.15) is 5.82 Å². The third-order valence-electron chi connectivity index (χ3n) is 3.36. The van der Waals surface area contributed by atoms with Gasteiger partial charge in [-0.1, -0.05) is 41.0 Å². The number of rotatable bonds is 6. The van der Waals surface area contributed by atoms with E-state index >= 15 is 0 Å². The molecule has 0 bridgehead atoms. The molecule has 0 N–H and O–H groups in total. The van der Waals surface area contributed by atoms with Crippen LogP contribution in [-0.4, -0.2) is 23.1 Å². The van der Waals surface area contributed by atoms with E-state index in [1.807, 2.05) is 25.3 Å². The van der Waals surface area contributed by atoms with E-state index < -0.39 is 0 Å². The lowest BCUT2D eigenvalue weighted by atomic mass is 10.2. The SMILES string of the molecule is CCN(CC)c1nc(SCc2ccc(Cl)cc2Cl)ncc1C. The second kappa shape index (κ2) is 8.04. The van der Waals surface area contributed by atoms with Crippen LogP contribution in [0, 0.1) is 6.92 Å².